The third-order valence-corrected chi connectivity index (χ3v) is 6.29. The standard InChI is InChI=1S/C28H20F2N4O4/c1-15-32-25-23(8-10-31-27(25)33-15)38-22-7-2-16(12-20(22)30)13-21(35)24-26-17(9-11-37-26)14-34(28(24)36)19-5-3-18(29)4-6-19/h2-8,10,12,14H,9,11,13H2,1H3,(H,31,32,33). The Balaban J connectivity index is 1.30. The van der Waals surface area contributed by atoms with Gasteiger partial charge in [0.05, 0.1) is 6.61 Å². The van der Waals surface area contributed by atoms with Crippen molar-refractivity contribution in [2.45, 2.75) is 19.8 Å². The van der Waals surface area contributed by atoms with Crippen molar-refractivity contribution in [3.05, 3.63) is 105 Å². The number of imidazole rings is 1. The lowest BCUT2D eigenvalue weighted by Crippen LogP contribution is -2.27. The molecule has 0 fully saturated rings. The smallest absolute Gasteiger partial charge is 0.269 e. The summed E-state index contributed by atoms with van der Waals surface area (Å²) in [5.74, 6) is -0.412. The Hall–Kier alpha value is -4.86. The fraction of sp³-hybridized carbons (Fsp3) is 0.143. The zero-order valence-corrected chi connectivity index (χ0v) is 20.1. The minimum Gasteiger partial charge on any atom is -0.492 e. The van der Waals surface area contributed by atoms with Crippen LogP contribution in [0.25, 0.3) is 16.9 Å². The first kappa shape index (κ1) is 23.5. The SMILES string of the molecule is Cc1nc2nccc(Oc3ccc(CC(=O)c4c5c(cn(-c6ccc(F)cc6)c4=O)CCO5)cc3F)c2[nH]1. The van der Waals surface area contributed by atoms with Crippen LogP contribution in [0.5, 0.6) is 17.2 Å². The molecule has 0 saturated heterocycles. The number of carbonyl (C=O) groups is 1. The Kier molecular flexibility index (Phi) is 5.71. The van der Waals surface area contributed by atoms with E-state index in [9.17, 15) is 14.0 Å². The minimum absolute atomic E-state index is 0.0384. The molecule has 0 atom stereocenters. The predicted octanol–water partition coefficient (Wildman–Crippen LogP) is 4.85. The van der Waals surface area contributed by atoms with Crippen LogP contribution < -0.4 is 15.0 Å². The highest BCUT2D eigenvalue weighted by Crippen LogP contribution is 2.31. The van der Waals surface area contributed by atoms with E-state index in [-0.39, 0.29) is 23.5 Å². The summed E-state index contributed by atoms with van der Waals surface area (Å²) in [4.78, 5) is 38.1. The normalized spacial score (nSPS) is 12.4. The summed E-state index contributed by atoms with van der Waals surface area (Å²) in [7, 11) is 0. The van der Waals surface area contributed by atoms with Crippen molar-refractivity contribution in [2.24, 2.45) is 0 Å². The van der Waals surface area contributed by atoms with Gasteiger partial charge < -0.3 is 14.5 Å². The van der Waals surface area contributed by atoms with Gasteiger partial charge in [-0.25, -0.2) is 18.7 Å². The number of Topliss-reactive ketones (excluding diaryl/α,β-unsaturated/α-hetero) is 1. The second-order valence-corrected chi connectivity index (χ2v) is 8.91. The lowest BCUT2D eigenvalue weighted by Gasteiger charge is -2.13. The largest absolute Gasteiger partial charge is 0.492 e. The molecular weight excluding hydrogens is 494 g/mol. The third-order valence-electron chi connectivity index (χ3n) is 6.29. The number of ketones is 1. The fourth-order valence-electron chi connectivity index (χ4n) is 4.51. The quantitative estimate of drug-likeness (QED) is 0.326. The molecule has 0 radical (unpaired) electrons. The highest BCUT2D eigenvalue weighted by atomic mass is 19.1. The number of H-pyrrole nitrogens is 1. The number of aromatic amines is 1. The Morgan fingerprint density at radius 2 is 1.95 bits per heavy atom. The van der Waals surface area contributed by atoms with Crippen LogP contribution in [0.2, 0.25) is 0 Å². The maximum absolute atomic E-state index is 15.0. The summed E-state index contributed by atoms with van der Waals surface area (Å²) < 4.78 is 41.1. The van der Waals surface area contributed by atoms with Gasteiger partial charge in [-0.1, -0.05) is 6.07 Å². The van der Waals surface area contributed by atoms with E-state index < -0.39 is 23.0 Å². The van der Waals surface area contributed by atoms with Crippen molar-refractivity contribution >= 4 is 16.9 Å². The number of hydrogen-bond acceptors (Lipinski definition) is 6. The van der Waals surface area contributed by atoms with E-state index in [2.05, 4.69) is 15.0 Å². The van der Waals surface area contributed by atoms with E-state index in [1.165, 1.54) is 47.2 Å². The number of aromatic nitrogens is 4. The van der Waals surface area contributed by atoms with Crippen LogP contribution in [0.4, 0.5) is 8.78 Å². The molecule has 0 bridgehead atoms. The van der Waals surface area contributed by atoms with Crippen molar-refractivity contribution in [2.75, 3.05) is 6.61 Å². The lowest BCUT2D eigenvalue weighted by atomic mass is 10.0. The summed E-state index contributed by atoms with van der Waals surface area (Å²) in [5.41, 5.74) is 1.78. The molecule has 0 spiro atoms. The molecule has 1 aliphatic rings. The number of fused-ring (bicyclic) bond motifs is 2. The third kappa shape index (κ3) is 4.19. The van der Waals surface area contributed by atoms with Gasteiger partial charge in [-0.3, -0.25) is 14.2 Å². The van der Waals surface area contributed by atoms with Crippen LogP contribution in [0, 0.1) is 18.6 Å². The molecule has 3 aromatic heterocycles. The van der Waals surface area contributed by atoms with E-state index in [1.54, 1.807) is 25.3 Å². The number of pyridine rings is 2. The van der Waals surface area contributed by atoms with E-state index >= 15 is 4.39 Å². The molecule has 0 amide bonds. The second kappa shape index (κ2) is 9.22. The Labute approximate surface area is 214 Å². The molecule has 4 heterocycles. The number of nitrogens with one attached hydrogen (secondary N) is 1. The van der Waals surface area contributed by atoms with Crippen molar-refractivity contribution < 1.29 is 23.0 Å². The molecule has 0 saturated carbocycles. The Morgan fingerprint density at radius 3 is 2.74 bits per heavy atom. The van der Waals surface area contributed by atoms with Crippen LogP contribution >= 0.6 is 0 Å². The van der Waals surface area contributed by atoms with Gasteiger partial charge in [0.25, 0.3) is 5.56 Å². The second-order valence-electron chi connectivity index (χ2n) is 8.91. The maximum Gasteiger partial charge on any atom is 0.269 e. The number of carbonyl (C=O) groups excluding carboxylic acids is 1. The minimum atomic E-state index is -0.672. The molecule has 8 nitrogen and oxygen atoms in total. The van der Waals surface area contributed by atoms with Crippen LogP contribution in [0.1, 0.15) is 27.3 Å². The van der Waals surface area contributed by atoms with Crippen molar-refractivity contribution in [3.63, 3.8) is 0 Å². The van der Waals surface area contributed by atoms with Gasteiger partial charge in [-0.15, -0.1) is 0 Å². The Bertz CT molecular complexity index is 1780. The number of benzene rings is 2. The highest BCUT2D eigenvalue weighted by Gasteiger charge is 2.27. The number of aryl methyl sites for hydroxylation is 1. The van der Waals surface area contributed by atoms with Gasteiger partial charge in [0.15, 0.2) is 28.7 Å². The highest BCUT2D eigenvalue weighted by molar-refractivity contribution is 6.00. The first-order chi connectivity index (χ1) is 18.4. The van der Waals surface area contributed by atoms with Crippen LogP contribution in [0.15, 0.2) is 65.7 Å². The fourth-order valence-corrected chi connectivity index (χ4v) is 4.51. The zero-order chi connectivity index (χ0) is 26.4. The van der Waals surface area contributed by atoms with E-state index in [0.717, 1.165) is 0 Å². The van der Waals surface area contributed by atoms with Crippen molar-refractivity contribution in [1.29, 1.82) is 0 Å². The average Bonchev–Trinajstić information content (AvgIpc) is 3.51. The van der Waals surface area contributed by atoms with Gasteiger partial charge in [-0.05, 0) is 48.9 Å². The molecule has 2 aromatic carbocycles. The molecule has 1 N–H and O–H groups in total. The Morgan fingerprint density at radius 1 is 1.13 bits per heavy atom. The first-order valence-corrected chi connectivity index (χ1v) is 11.9. The maximum atomic E-state index is 15.0. The molecule has 0 unspecified atom stereocenters. The van der Waals surface area contributed by atoms with Gasteiger partial charge in [-0.2, -0.15) is 0 Å². The zero-order valence-electron chi connectivity index (χ0n) is 20.1. The molecule has 10 heteroatoms. The molecule has 190 valence electrons. The summed E-state index contributed by atoms with van der Waals surface area (Å²) >= 11 is 0. The summed E-state index contributed by atoms with van der Waals surface area (Å²) in [5, 5.41) is 0. The molecular formula is C28H20F2N4O4. The van der Waals surface area contributed by atoms with Gasteiger partial charge in [0.1, 0.15) is 28.5 Å². The van der Waals surface area contributed by atoms with Crippen LogP contribution in [0.3, 0.4) is 0 Å². The van der Waals surface area contributed by atoms with Gasteiger partial charge in [0, 0.05) is 42.6 Å². The van der Waals surface area contributed by atoms with Crippen LogP contribution in [-0.2, 0) is 12.8 Å². The molecule has 38 heavy (non-hydrogen) atoms. The summed E-state index contributed by atoms with van der Waals surface area (Å²) in [6, 6.07) is 11.2. The molecule has 5 aromatic rings. The van der Waals surface area contributed by atoms with Crippen molar-refractivity contribution in [1.82, 2.24) is 19.5 Å². The van der Waals surface area contributed by atoms with Crippen molar-refractivity contribution in [3.8, 4) is 22.9 Å². The topological polar surface area (TPSA) is 99.1 Å². The summed E-state index contributed by atoms with van der Waals surface area (Å²) in [6.45, 7) is 2.11. The predicted molar refractivity (Wildman–Crippen MR) is 134 cm³/mol. The number of halogens is 2. The summed E-state index contributed by atoms with van der Waals surface area (Å²) in [6.07, 6.45) is 3.42. The molecule has 6 rings (SSSR count). The lowest BCUT2D eigenvalue weighted by molar-refractivity contribution is 0.0988. The monoisotopic (exact) mass is 514 g/mol. The number of rotatable bonds is 6. The van der Waals surface area contributed by atoms with E-state index in [0.29, 0.717) is 52.6 Å². The first-order valence-electron chi connectivity index (χ1n) is 11.9. The van der Waals surface area contributed by atoms with Gasteiger partial charge >= 0.3 is 0 Å². The van der Waals surface area contributed by atoms with Gasteiger partial charge in [0.2, 0.25) is 0 Å². The molecule has 1 aliphatic heterocycles. The van der Waals surface area contributed by atoms with Crippen LogP contribution in [-0.4, -0.2) is 31.9 Å². The molecule has 0 aliphatic carbocycles. The number of ether oxygens (including phenoxy) is 2. The van der Waals surface area contributed by atoms with E-state index in [1.807, 2.05) is 0 Å². The number of hydrogen-bond donors (Lipinski definition) is 1. The van der Waals surface area contributed by atoms with E-state index in [4.69, 9.17) is 9.47 Å². The number of nitrogens with zero attached hydrogens (tertiary/aromatic N) is 3. The average molecular weight is 514 g/mol.